The predicted molar refractivity (Wildman–Crippen MR) is 87.3 cm³/mol. The van der Waals surface area contributed by atoms with Crippen molar-refractivity contribution in [1.29, 1.82) is 5.26 Å². The minimum atomic E-state index is -1.46. The number of rotatable bonds is 6. The molecule has 0 radical (unpaired) electrons. The second kappa shape index (κ2) is 8.47. The van der Waals surface area contributed by atoms with Crippen molar-refractivity contribution in [3.8, 4) is 11.8 Å². The lowest BCUT2D eigenvalue weighted by molar-refractivity contribution is -0.182. The largest absolute Gasteiger partial charge is 0.464 e. The summed E-state index contributed by atoms with van der Waals surface area (Å²) in [5, 5.41) is 8.75. The van der Waals surface area contributed by atoms with Crippen molar-refractivity contribution in [3.05, 3.63) is 65.2 Å². The lowest BCUT2D eigenvalue weighted by Gasteiger charge is -2.17. The van der Waals surface area contributed by atoms with Crippen molar-refractivity contribution in [2.24, 2.45) is 0 Å². The molecule has 25 heavy (non-hydrogen) atoms. The Morgan fingerprint density at radius 3 is 2.28 bits per heavy atom. The highest BCUT2D eigenvalue weighted by Crippen LogP contribution is 2.14. The number of nitrogens with one attached hydrogen (secondary N) is 1. The Morgan fingerprint density at radius 1 is 1.08 bits per heavy atom. The molecular formula is C18H16N2O5. The van der Waals surface area contributed by atoms with Crippen LogP contribution in [0.2, 0.25) is 0 Å². The van der Waals surface area contributed by atoms with Crippen molar-refractivity contribution in [1.82, 2.24) is 5.48 Å². The summed E-state index contributed by atoms with van der Waals surface area (Å²) in [7, 11) is 1.18. The topological polar surface area (TPSA) is 97.6 Å². The van der Waals surface area contributed by atoms with E-state index in [0.29, 0.717) is 11.3 Å². The Balaban J connectivity index is 2.01. The number of ether oxygens (including phenoxy) is 2. The van der Waals surface area contributed by atoms with E-state index in [-0.39, 0.29) is 5.56 Å². The molecule has 7 heteroatoms. The molecule has 2 aromatic rings. The van der Waals surface area contributed by atoms with Gasteiger partial charge in [0.1, 0.15) is 5.75 Å². The third-order valence-corrected chi connectivity index (χ3v) is 3.19. The SMILES string of the molecule is COC(=O)C(ONC(=O)c1ccc(C#N)cc1)Oc1ccc(C)cc1. The van der Waals surface area contributed by atoms with E-state index < -0.39 is 18.2 Å². The predicted octanol–water partition coefficient (Wildman–Crippen LogP) is 2.11. The summed E-state index contributed by atoms with van der Waals surface area (Å²) in [6.45, 7) is 1.91. The number of esters is 1. The van der Waals surface area contributed by atoms with Crippen molar-refractivity contribution in [3.63, 3.8) is 0 Å². The van der Waals surface area contributed by atoms with Crippen LogP contribution in [0.3, 0.4) is 0 Å². The van der Waals surface area contributed by atoms with Crippen LogP contribution >= 0.6 is 0 Å². The molecular weight excluding hydrogens is 324 g/mol. The Labute approximate surface area is 144 Å². The quantitative estimate of drug-likeness (QED) is 0.491. The second-order valence-corrected chi connectivity index (χ2v) is 5.02. The molecule has 7 nitrogen and oxygen atoms in total. The molecule has 2 rings (SSSR count). The molecule has 128 valence electrons. The highest BCUT2D eigenvalue weighted by molar-refractivity contribution is 5.93. The molecule has 0 aromatic heterocycles. The Bertz CT molecular complexity index is 779. The third kappa shape index (κ3) is 5.06. The Hall–Kier alpha value is -3.37. The average molecular weight is 340 g/mol. The zero-order valence-corrected chi connectivity index (χ0v) is 13.7. The molecule has 0 aliphatic heterocycles. The van der Waals surface area contributed by atoms with E-state index in [1.54, 1.807) is 24.3 Å². The fourth-order valence-corrected chi connectivity index (χ4v) is 1.82. The molecule has 0 saturated carbocycles. The number of aryl methyl sites for hydroxylation is 1. The van der Waals surface area contributed by atoms with Gasteiger partial charge in [-0.25, -0.2) is 15.1 Å². The summed E-state index contributed by atoms with van der Waals surface area (Å²) in [6, 6.07) is 14.8. The molecule has 0 bridgehead atoms. The van der Waals surface area contributed by atoms with Crippen molar-refractivity contribution < 1.29 is 23.9 Å². The summed E-state index contributed by atoms with van der Waals surface area (Å²) in [4.78, 5) is 28.8. The van der Waals surface area contributed by atoms with E-state index in [0.717, 1.165) is 5.56 Å². The van der Waals surface area contributed by atoms with Gasteiger partial charge in [0.15, 0.2) is 0 Å². The van der Waals surface area contributed by atoms with Crippen LogP contribution in [-0.2, 0) is 14.4 Å². The van der Waals surface area contributed by atoms with E-state index in [4.69, 9.17) is 14.8 Å². The lowest BCUT2D eigenvalue weighted by Crippen LogP contribution is -2.38. The fraction of sp³-hybridized carbons (Fsp3) is 0.167. The van der Waals surface area contributed by atoms with Crippen LogP contribution in [0.25, 0.3) is 0 Å². The Morgan fingerprint density at radius 2 is 1.72 bits per heavy atom. The smallest absolute Gasteiger partial charge is 0.378 e. The molecule has 0 aliphatic carbocycles. The molecule has 1 N–H and O–H groups in total. The van der Waals surface area contributed by atoms with E-state index in [1.165, 1.54) is 31.4 Å². The minimum Gasteiger partial charge on any atom is -0.464 e. The maximum Gasteiger partial charge on any atom is 0.378 e. The van der Waals surface area contributed by atoms with Gasteiger partial charge in [-0.1, -0.05) is 17.7 Å². The molecule has 1 atom stereocenters. The molecule has 0 saturated heterocycles. The lowest BCUT2D eigenvalue weighted by atomic mass is 10.1. The van der Waals surface area contributed by atoms with E-state index in [1.807, 2.05) is 13.0 Å². The summed E-state index contributed by atoms with van der Waals surface area (Å²) in [5.74, 6) is -1.01. The normalized spacial score (nSPS) is 11.1. The van der Waals surface area contributed by atoms with Crippen LogP contribution in [0.5, 0.6) is 5.75 Å². The molecule has 1 unspecified atom stereocenters. The number of nitrogens with zero attached hydrogens (tertiary/aromatic N) is 1. The van der Waals surface area contributed by atoms with Gasteiger partial charge in [-0.15, -0.1) is 0 Å². The molecule has 0 aliphatic rings. The number of nitriles is 1. The first-order chi connectivity index (χ1) is 12.0. The first-order valence-electron chi connectivity index (χ1n) is 7.31. The van der Waals surface area contributed by atoms with Gasteiger partial charge in [0.25, 0.3) is 5.91 Å². The van der Waals surface area contributed by atoms with Crippen molar-refractivity contribution in [2.45, 2.75) is 13.2 Å². The first kappa shape index (κ1) is 18.0. The van der Waals surface area contributed by atoms with Crippen LogP contribution in [-0.4, -0.2) is 25.3 Å². The summed E-state index contributed by atoms with van der Waals surface area (Å²) < 4.78 is 9.99. The number of hydrogen-bond donors (Lipinski definition) is 1. The number of hydroxylamine groups is 1. The van der Waals surface area contributed by atoms with E-state index >= 15 is 0 Å². The van der Waals surface area contributed by atoms with Gasteiger partial charge in [0, 0.05) is 5.56 Å². The van der Waals surface area contributed by atoms with Gasteiger partial charge in [-0.2, -0.15) is 5.26 Å². The van der Waals surface area contributed by atoms with Crippen LogP contribution in [0.15, 0.2) is 48.5 Å². The van der Waals surface area contributed by atoms with Gasteiger partial charge in [0.05, 0.1) is 18.7 Å². The summed E-state index contributed by atoms with van der Waals surface area (Å²) in [5.41, 5.74) is 3.85. The highest BCUT2D eigenvalue weighted by Gasteiger charge is 2.24. The van der Waals surface area contributed by atoms with E-state index in [9.17, 15) is 9.59 Å². The van der Waals surface area contributed by atoms with E-state index in [2.05, 4.69) is 10.2 Å². The monoisotopic (exact) mass is 340 g/mol. The van der Waals surface area contributed by atoms with Crippen LogP contribution in [0.4, 0.5) is 0 Å². The second-order valence-electron chi connectivity index (χ2n) is 5.02. The van der Waals surface area contributed by atoms with Crippen LogP contribution in [0.1, 0.15) is 21.5 Å². The van der Waals surface area contributed by atoms with Gasteiger partial charge >= 0.3 is 12.3 Å². The first-order valence-corrected chi connectivity index (χ1v) is 7.31. The number of hydrogen-bond acceptors (Lipinski definition) is 6. The van der Waals surface area contributed by atoms with Crippen LogP contribution in [0, 0.1) is 18.3 Å². The molecule has 1 amide bonds. The Kier molecular flexibility index (Phi) is 6.09. The van der Waals surface area contributed by atoms with Crippen LogP contribution < -0.4 is 10.2 Å². The minimum absolute atomic E-state index is 0.262. The van der Waals surface area contributed by atoms with Gasteiger partial charge in [0.2, 0.25) is 0 Å². The zero-order chi connectivity index (χ0) is 18.2. The number of methoxy groups -OCH3 is 1. The summed E-state index contributed by atoms with van der Waals surface area (Å²) >= 11 is 0. The number of carbonyl (C=O) groups excluding carboxylic acids is 2. The molecule has 2 aromatic carbocycles. The third-order valence-electron chi connectivity index (χ3n) is 3.19. The maximum atomic E-state index is 12.0. The summed E-state index contributed by atoms with van der Waals surface area (Å²) in [6.07, 6.45) is -1.46. The fourth-order valence-electron chi connectivity index (χ4n) is 1.82. The van der Waals surface area contributed by atoms with Gasteiger partial charge < -0.3 is 9.47 Å². The molecule has 0 heterocycles. The number of amides is 1. The molecule has 0 spiro atoms. The molecule has 0 fully saturated rings. The van der Waals surface area contributed by atoms with Gasteiger partial charge in [-0.3, -0.25) is 4.79 Å². The van der Waals surface area contributed by atoms with Crippen molar-refractivity contribution in [2.75, 3.05) is 7.11 Å². The maximum absolute atomic E-state index is 12.0. The standard InChI is InChI=1S/C18H16N2O5/c1-12-3-9-15(10-4-12)24-18(17(22)23-2)25-20-16(21)14-7-5-13(11-19)6-8-14/h3-10,18H,1-2H3,(H,20,21). The highest BCUT2D eigenvalue weighted by atomic mass is 16.8. The zero-order valence-electron chi connectivity index (χ0n) is 13.7. The number of carbonyl (C=O) groups is 2. The number of benzene rings is 2. The van der Waals surface area contributed by atoms with Crippen molar-refractivity contribution >= 4 is 11.9 Å². The van der Waals surface area contributed by atoms with Gasteiger partial charge in [-0.05, 0) is 43.3 Å². The average Bonchev–Trinajstić information content (AvgIpc) is 2.65.